The fourth-order valence-electron chi connectivity index (χ4n) is 2.27. The largest absolute Gasteiger partial charge is 0.379 e. The summed E-state index contributed by atoms with van der Waals surface area (Å²) in [7, 11) is 0. The van der Waals surface area contributed by atoms with Gasteiger partial charge in [0.1, 0.15) is 0 Å². The average Bonchev–Trinajstić information content (AvgIpc) is 3.15. The van der Waals surface area contributed by atoms with Crippen molar-refractivity contribution >= 4 is 29.3 Å². The highest BCUT2D eigenvalue weighted by atomic mass is 35.5. The molecule has 2 aromatic rings. The van der Waals surface area contributed by atoms with Crippen molar-refractivity contribution in [3.8, 4) is 5.69 Å². The summed E-state index contributed by atoms with van der Waals surface area (Å²) >= 11 is 7.46. The molecule has 0 radical (unpaired) electrons. The van der Waals surface area contributed by atoms with E-state index in [1.165, 1.54) is 0 Å². The number of carbonyl (C=O) groups excluding carboxylic acids is 1. The highest BCUT2D eigenvalue weighted by Crippen LogP contribution is 2.27. The molecule has 1 aliphatic heterocycles. The number of rotatable bonds is 4. The molecule has 0 spiro atoms. The van der Waals surface area contributed by atoms with Gasteiger partial charge in [-0.2, -0.15) is 16.9 Å². The van der Waals surface area contributed by atoms with E-state index in [1.807, 2.05) is 18.3 Å². The van der Waals surface area contributed by atoms with E-state index < -0.39 is 5.60 Å². The summed E-state index contributed by atoms with van der Waals surface area (Å²) in [6, 6.07) is 7.34. The second-order valence-corrected chi connectivity index (χ2v) is 6.83. The standard InChI is InChI=1S/C15H16ClN3O2S/c16-12-1-3-13(4-2-12)19-9-11(8-18-19)7-17-14(20)15(21)5-6-22-10-15/h1-4,8-9,21H,5-7,10H2,(H,17,20)/t15-/m0/s1. The van der Waals surface area contributed by atoms with Crippen LogP contribution in [0.4, 0.5) is 0 Å². The van der Waals surface area contributed by atoms with Gasteiger partial charge in [-0.1, -0.05) is 11.6 Å². The van der Waals surface area contributed by atoms with Crippen molar-refractivity contribution in [1.29, 1.82) is 0 Å². The molecule has 0 unspecified atom stereocenters. The minimum atomic E-state index is -1.23. The summed E-state index contributed by atoms with van der Waals surface area (Å²) in [5, 5.41) is 17.9. The van der Waals surface area contributed by atoms with Crippen molar-refractivity contribution in [2.24, 2.45) is 0 Å². The molecule has 3 rings (SSSR count). The van der Waals surface area contributed by atoms with Gasteiger partial charge in [-0.15, -0.1) is 0 Å². The Morgan fingerprint density at radius 2 is 2.23 bits per heavy atom. The van der Waals surface area contributed by atoms with E-state index in [9.17, 15) is 9.90 Å². The molecule has 2 N–H and O–H groups in total. The Kier molecular flexibility index (Phi) is 4.42. The number of aromatic nitrogens is 2. The maximum atomic E-state index is 12.0. The highest BCUT2D eigenvalue weighted by Gasteiger charge is 2.39. The minimum Gasteiger partial charge on any atom is -0.379 e. The molecular formula is C15H16ClN3O2S. The van der Waals surface area contributed by atoms with Gasteiger partial charge in [0.25, 0.3) is 5.91 Å². The van der Waals surface area contributed by atoms with Crippen LogP contribution in [0.15, 0.2) is 36.7 Å². The molecule has 5 nitrogen and oxygen atoms in total. The summed E-state index contributed by atoms with van der Waals surface area (Å²) in [4.78, 5) is 12.0. The van der Waals surface area contributed by atoms with Gasteiger partial charge in [-0.3, -0.25) is 4.79 Å². The number of thioether (sulfide) groups is 1. The lowest BCUT2D eigenvalue weighted by atomic mass is 10.0. The first-order valence-electron chi connectivity index (χ1n) is 6.95. The molecule has 1 aromatic heterocycles. The Balaban J connectivity index is 1.62. The van der Waals surface area contributed by atoms with E-state index in [0.29, 0.717) is 23.7 Å². The van der Waals surface area contributed by atoms with Crippen molar-refractivity contribution in [2.45, 2.75) is 18.6 Å². The Hall–Kier alpha value is -1.50. The predicted molar refractivity (Wildman–Crippen MR) is 87.3 cm³/mol. The van der Waals surface area contributed by atoms with Crippen LogP contribution in [-0.4, -0.2) is 37.9 Å². The van der Waals surface area contributed by atoms with Crippen LogP contribution in [0, 0.1) is 0 Å². The summed E-state index contributed by atoms with van der Waals surface area (Å²) in [5.41, 5.74) is 0.543. The minimum absolute atomic E-state index is 0.309. The Morgan fingerprint density at radius 1 is 1.45 bits per heavy atom. The van der Waals surface area contributed by atoms with Crippen molar-refractivity contribution < 1.29 is 9.90 Å². The monoisotopic (exact) mass is 337 g/mol. The number of hydrogen-bond acceptors (Lipinski definition) is 4. The molecule has 0 saturated carbocycles. The van der Waals surface area contributed by atoms with Crippen LogP contribution >= 0.6 is 23.4 Å². The molecule has 1 amide bonds. The molecule has 0 bridgehead atoms. The smallest absolute Gasteiger partial charge is 0.253 e. The third-order valence-corrected chi connectivity index (χ3v) is 5.03. The van der Waals surface area contributed by atoms with Gasteiger partial charge < -0.3 is 10.4 Å². The average molecular weight is 338 g/mol. The highest BCUT2D eigenvalue weighted by molar-refractivity contribution is 7.99. The lowest BCUT2D eigenvalue weighted by Gasteiger charge is -2.19. The van der Waals surface area contributed by atoms with E-state index >= 15 is 0 Å². The zero-order valence-electron chi connectivity index (χ0n) is 11.8. The maximum Gasteiger partial charge on any atom is 0.253 e. The first kappa shape index (κ1) is 15.4. The SMILES string of the molecule is O=C(NCc1cnn(-c2ccc(Cl)cc2)c1)[C@]1(O)CCSC1. The molecule has 116 valence electrons. The van der Waals surface area contributed by atoms with Crippen LogP contribution in [-0.2, 0) is 11.3 Å². The van der Waals surface area contributed by atoms with Gasteiger partial charge >= 0.3 is 0 Å². The molecule has 0 aliphatic carbocycles. The summed E-state index contributed by atoms with van der Waals surface area (Å²) in [6.07, 6.45) is 4.05. The Morgan fingerprint density at radius 3 is 2.91 bits per heavy atom. The van der Waals surface area contributed by atoms with Crippen LogP contribution in [0.5, 0.6) is 0 Å². The van der Waals surface area contributed by atoms with Crippen LogP contribution in [0.2, 0.25) is 5.02 Å². The number of halogens is 1. The molecule has 22 heavy (non-hydrogen) atoms. The third-order valence-electron chi connectivity index (χ3n) is 3.60. The number of nitrogens with zero attached hydrogens (tertiary/aromatic N) is 2. The van der Waals surface area contributed by atoms with Gasteiger partial charge in [-0.05, 0) is 36.4 Å². The summed E-state index contributed by atoms with van der Waals surface area (Å²) in [5.74, 6) is 0.970. The van der Waals surface area contributed by atoms with Crippen LogP contribution in [0.3, 0.4) is 0 Å². The number of amides is 1. The van der Waals surface area contributed by atoms with Crippen molar-refractivity contribution in [1.82, 2.24) is 15.1 Å². The normalized spacial score (nSPS) is 21.0. The summed E-state index contributed by atoms with van der Waals surface area (Å²) in [6.45, 7) is 0.347. The lowest BCUT2D eigenvalue weighted by Crippen LogP contribution is -2.46. The molecule has 7 heteroatoms. The van der Waals surface area contributed by atoms with E-state index in [1.54, 1.807) is 34.8 Å². The maximum absolute atomic E-state index is 12.0. The second-order valence-electron chi connectivity index (χ2n) is 5.29. The number of benzene rings is 1. The zero-order chi connectivity index (χ0) is 15.6. The van der Waals surface area contributed by atoms with Crippen LogP contribution in [0.25, 0.3) is 5.69 Å². The van der Waals surface area contributed by atoms with Crippen molar-refractivity contribution in [2.75, 3.05) is 11.5 Å². The first-order valence-corrected chi connectivity index (χ1v) is 8.48. The quantitative estimate of drug-likeness (QED) is 0.895. The van der Waals surface area contributed by atoms with Gasteiger partial charge in [0.2, 0.25) is 0 Å². The molecular weight excluding hydrogens is 322 g/mol. The van der Waals surface area contributed by atoms with E-state index in [4.69, 9.17) is 11.6 Å². The molecule has 1 atom stereocenters. The van der Waals surface area contributed by atoms with E-state index in [2.05, 4.69) is 10.4 Å². The van der Waals surface area contributed by atoms with E-state index in [0.717, 1.165) is 17.0 Å². The molecule has 1 aromatic carbocycles. The number of carbonyl (C=O) groups is 1. The first-order chi connectivity index (χ1) is 10.6. The number of hydrogen-bond donors (Lipinski definition) is 2. The van der Waals surface area contributed by atoms with Gasteiger partial charge in [-0.25, -0.2) is 4.68 Å². The molecule has 2 heterocycles. The number of aliphatic hydroxyl groups is 1. The van der Waals surface area contributed by atoms with E-state index in [-0.39, 0.29) is 5.91 Å². The van der Waals surface area contributed by atoms with Gasteiger partial charge in [0.05, 0.1) is 11.9 Å². The Labute approximate surface area is 137 Å². The van der Waals surface area contributed by atoms with Crippen LogP contribution < -0.4 is 5.32 Å². The zero-order valence-corrected chi connectivity index (χ0v) is 13.4. The Bertz CT molecular complexity index is 666. The third kappa shape index (κ3) is 3.29. The fourth-order valence-corrected chi connectivity index (χ4v) is 3.63. The number of nitrogens with one attached hydrogen (secondary N) is 1. The van der Waals surface area contributed by atoms with Gasteiger partial charge in [0, 0.05) is 29.1 Å². The van der Waals surface area contributed by atoms with Crippen LogP contribution in [0.1, 0.15) is 12.0 Å². The second kappa shape index (κ2) is 6.32. The van der Waals surface area contributed by atoms with Gasteiger partial charge in [0.15, 0.2) is 5.60 Å². The topological polar surface area (TPSA) is 67.2 Å². The molecule has 1 aliphatic rings. The lowest BCUT2D eigenvalue weighted by molar-refractivity contribution is -0.137. The molecule has 1 fully saturated rings. The van der Waals surface area contributed by atoms with Crippen molar-refractivity contribution in [3.05, 3.63) is 47.2 Å². The van der Waals surface area contributed by atoms with Crippen molar-refractivity contribution in [3.63, 3.8) is 0 Å². The predicted octanol–water partition coefficient (Wildman–Crippen LogP) is 2.01. The molecule has 1 saturated heterocycles. The summed E-state index contributed by atoms with van der Waals surface area (Å²) < 4.78 is 1.72. The fraction of sp³-hybridized carbons (Fsp3) is 0.333.